The van der Waals surface area contributed by atoms with E-state index in [2.05, 4.69) is 5.32 Å². The van der Waals surface area contributed by atoms with Gasteiger partial charge in [0.25, 0.3) is 0 Å². The molecule has 1 atom stereocenters. The van der Waals surface area contributed by atoms with E-state index in [1.165, 1.54) is 12.8 Å². The minimum atomic E-state index is -0.497. The lowest BCUT2D eigenvalue weighted by Crippen LogP contribution is -2.35. The number of nitrogens with one attached hydrogen (secondary N) is 1. The van der Waals surface area contributed by atoms with Gasteiger partial charge in [-0.3, -0.25) is 0 Å². The maximum atomic E-state index is 9.75. The number of aliphatic hydroxyl groups is 1. The molecule has 0 bridgehead atoms. The van der Waals surface area contributed by atoms with Gasteiger partial charge in [-0.1, -0.05) is 13.8 Å². The summed E-state index contributed by atoms with van der Waals surface area (Å²) < 4.78 is 11.2. The van der Waals surface area contributed by atoms with Gasteiger partial charge in [0.2, 0.25) is 0 Å². The number of benzene rings is 1. The molecule has 0 heterocycles. The van der Waals surface area contributed by atoms with Crippen molar-refractivity contribution >= 4 is 0 Å². The number of aliphatic hydroxyl groups excluding tert-OH is 1. The van der Waals surface area contributed by atoms with E-state index in [9.17, 15) is 5.11 Å². The predicted molar refractivity (Wildman–Crippen MR) is 79.3 cm³/mol. The lowest BCUT2D eigenvalue weighted by Gasteiger charge is -2.15. The summed E-state index contributed by atoms with van der Waals surface area (Å²) in [7, 11) is 0. The van der Waals surface area contributed by atoms with Crippen molar-refractivity contribution in [1.82, 2.24) is 5.32 Å². The molecule has 0 amide bonds. The van der Waals surface area contributed by atoms with Crippen LogP contribution in [0.4, 0.5) is 0 Å². The minimum absolute atomic E-state index is 0.294. The molecule has 1 aromatic rings. The Bertz CT molecular complexity index is 387. The molecule has 1 saturated carbocycles. The van der Waals surface area contributed by atoms with Crippen molar-refractivity contribution in [3.8, 4) is 11.5 Å². The van der Waals surface area contributed by atoms with Gasteiger partial charge in [0.15, 0.2) is 0 Å². The summed E-state index contributed by atoms with van der Waals surface area (Å²) in [4.78, 5) is 0. The molecular weight excluding hydrogens is 254 g/mol. The second-order valence-corrected chi connectivity index (χ2v) is 5.75. The standard InChI is InChI=1S/C16H25NO3/c1-12(2)17-9-14(18)11-20-16-7-5-15(6-8-16)19-10-13-3-4-13/h5-8,12-14,17-18H,3-4,9-11H2,1-2H3. The van der Waals surface area contributed by atoms with Crippen LogP contribution in [0.1, 0.15) is 26.7 Å². The van der Waals surface area contributed by atoms with E-state index in [1.54, 1.807) is 0 Å². The van der Waals surface area contributed by atoms with E-state index in [-0.39, 0.29) is 0 Å². The highest BCUT2D eigenvalue weighted by Gasteiger charge is 2.21. The van der Waals surface area contributed by atoms with E-state index in [1.807, 2.05) is 38.1 Å². The number of hydrogen-bond donors (Lipinski definition) is 2. The highest BCUT2D eigenvalue weighted by molar-refractivity contribution is 5.31. The first-order chi connectivity index (χ1) is 9.63. The summed E-state index contributed by atoms with van der Waals surface area (Å²) in [6.07, 6.45) is 2.09. The lowest BCUT2D eigenvalue weighted by molar-refractivity contribution is 0.104. The van der Waals surface area contributed by atoms with Crippen LogP contribution in [0.3, 0.4) is 0 Å². The Morgan fingerprint density at radius 3 is 2.30 bits per heavy atom. The molecule has 0 aliphatic heterocycles. The van der Waals surface area contributed by atoms with Crippen LogP contribution in [0.25, 0.3) is 0 Å². The first-order valence-electron chi connectivity index (χ1n) is 7.40. The molecule has 1 aliphatic carbocycles. The summed E-state index contributed by atoms with van der Waals surface area (Å²) in [5.74, 6) is 2.40. The van der Waals surface area contributed by atoms with E-state index in [0.717, 1.165) is 24.0 Å². The highest BCUT2D eigenvalue weighted by atomic mass is 16.5. The van der Waals surface area contributed by atoms with Crippen molar-refractivity contribution in [3.63, 3.8) is 0 Å². The summed E-state index contributed by atoms with van der Waals surface area (Å²) in [6, 6.07) is 7.95. The van der Waals surface area contributed by atoms with E-state index in [0.29, 0.717) is 19.2 Å². The molecule has 2 N–H and O–H groups in total. The zero-order chi connectivity index (χ0) is 14.4. The van der Waals surface area contributed by atoms with Crippen molar-refractivity contribution in [2.24, 2.45) is 5.92 Å². The Morgan fingerprint density at radius 1 is 1.15 bits per heavy atom. The van der Waals surface area contributed by atoms with Gasteiger partial charge in [-0.15, -0.1) is 0 Å². The minimum Gasteiger partial charge on any atom is -0.493 e. The molecule has 1 unspecified atom stereocenters. The van der Waals surface area contributed by atoms with Gasteiger partial charge in [0.05, 0.1) is 6.61 Å². The van der Waals surface area contributed by atoms with Crippen LogP contribution in [0.15, 0.2) is 24.3 Å². The third-order valence-corrected chi connectivity index (χ3v) is 3.21. The molecule has 1 aromatic carbocycles. The van der Waals surface area contributed by atoms with Gasteiger partial charge in [-0.25, -0.2) is 0 Å². The normalized spacial score (nSPS) is 16.2. The van der Waals surface area contributed by atoms with E-state index in [4.69, 9.17) is 9.47 Å². The number of rotatable bonds is 9. The second-order valence-electron chi connectivity index (χ2n) is 5.75. The molecule has 0 radical (unpaired) electrons. The Morgan fingerprint density at radius 2 is 1.75 bits per heavy atom. The van der Waals surface area contributed by atoms with E-state index >= 15 is 0 Å². The fourth-order valence-electron chi connectivity index (χ4n) is 1.75. The number of hydrogen-bond acceptors (Lipinski definition) is 4. The Balaban J connectivity index is 1.67. The van der Waals surface area contributed by atoms with Gasteiger partial charge >= 0.3 is 0 Å². The second kappa shape index (κ2) is 7.50. The van der Waals surface area contributed by atoms with Gasteiger partial charge in [0, 0.05) is 12.6 Å². The molecule has 4 nitrogen and oxygen atoms in total. The molecule has 0 spiro atoms. The summed E-state index contributed by atoms with van der Waals surface area (Å²) in [6.45, 7) is 5.75. The first kappa shape index (κ1) is 15.1. The van der Waals surface area contributed by atoms with Crippen LogP contribution >= 0.6 is 0 Å². The topological polar surface area (TPSA) is 50.7 Å². The third-order valence-electron chi connectivity index (χ3n) is 3.21. The molecule has 4 heteroatoms. The highest BCUT2D eigenvalue weighted by Crippen LogP contribution is 2.29. The smallest absolute Gasteiger partial charge is 0.119 e. The Hall–Kier alpha value is -1.26. The molecule has 0 saturated heterocycles. The van der Waals surface area contributed by atoms with Crippen molar-refractivity contribution in [2.75, 3.05) is 19.8 Å². The lowest BCUT2D eigenvalue weighted by atomic mass is 10.3. The summed E-state index contributed by atoms with van der Waals surface area (Å²) >= 11 is 0. The van der Waals surface area contributed by atoms with Crippen LogP contribution in [0.5, 0.6) is 11.5 Å². The largest absolute Gasteiger partial charge is 0.493 e. The monoisotopic (exact) mass is 279 g/mol. The van der Waals surface area contributed by atoms with Gasteiger partial charge in [-0.2, -0.15) is 0 Å². The zero-order valence-electron chi connectivity index (χ0n) is 12.3. The van der Waals surface area contributed by atoms with Crippen molar-refractivity contribution in [3.05, 3.63) is 24.3 Å². The SMILES string of the molecule is CC(C)NCC(O)COc1ccc(OCC2CC2)cc1. The van der Waals surface area contributed by atoms with Gasteiger partial charge < -0.3 is 19.9 Å². The number of ether oxygens (including phenoxy) is 2. The molecule has 20 heavy (non-hydrogen) atoms. The molecule has 2 rings (SSSR count). The first-order valence-corrected chi connectivity index (χ1v) is 7.40. The summed E-state index contributed by atoms with van der Waals surface area (Å²) in [5, 5.41) is 12.9. The molecule has 1 fully saturated rings. The van der Waals surface area contributed by atoms with Crippen molar-refractivity contribution < 1.29 is 14.6 Å². The van der Waals surface area contributed by atoms with Crippen LogP contribution in [0, 0.1) is 5.92 Å². The molecular formula is C16H25NO3. The van der Waals surface area contributed by atoms with Crippen LogP contribution in [0.2, 0.25) is 0 Å². The van der Waals surface area contributed by atoms with Gasteiger partial charge in [-0.05, 0) is 43.0 Å². The van der Waals surface area contributed by atoms with Crippen LogP contribution in [-0.4, -0.2) is 37.0 Å². The predicted octanol–water partition coefficient (Wildman–Crippen LogP) is 2.21. The van der Waals surface area contributed by atoms with Crippen LogP contribution < -0.4 is 14.8 Å². The van der Waals surface area contributed by atoms with Gasteiger partial charge in [0.1, 0.15) is 24.2 Å². The van der Waals surface area contributed by atoms with Crippen molar-refractivity contribution in [1.29, 1.82) is 0 Å². The van der Waals surface area contributed by atoms with E-state index < -0.39 is 6.10 Å². The van der Waals surface area contributed by atoms with Crippen molar-refractivity contribution in [2.45, 2.75) is 38.8 Å². The average Bonchev–Trinajstić information content (AvgIpc) is 3.26. The Labute approximate surface area is 121 Å². The van der Waals surface area contributed by atoms with Crippen LogP contribution in [-0.2, 0) is 0 Å². The fraction of sp³-hybridized carbons (Fsp3) is 0.625. The average molecular weight is 279 g/mol. The molecule has 0 aromatic heterocycles. The quantitative estimate of drug-likeness (QED) is 0.727. The molecule has 112 valence electrons. The fourth-order valence-corrected chi connectivity index (χ4v) is 1.75. The molecule has 1 aliphatic rings. The zero-order valence-corrected chi connectivity index (χ0v) is 12.3. The maximum absolute atomic E-state index is 9.75. The summed E-state index contributed by atoms with van der Waals surface area (Å²) in [5.41, 5.74) is 0. The Kier molecular flexibility index (Phi) is 5.68. The maximum Gasteiger partial charge on any atom is 0.119 e. The third kappa shape index (κ3) is 5.80.